The number of hydrogen-bond donors (Lipinski definition) is 3. The van der Waals surface area contributed by atoms with E-state index in [-0.39, 0.29) is 47.8 Å². The van der Waals surface area contributed by atoms with E-state index in [0.29, 0.717) is 0 Å². The summed E-state index contributed by atoms with van der Waals surface area (Å²) < 4.78 is 0. The molecule has 5 nitrogen and oxygen atoms in total. The summed E-state index contributed by atoms with van der Waals surface area (Å²) in [6.45, 7) is 0. The van der Waals surface area contributed by atoms with Gasteiger partial charge >= 0.3 is 41.5 Å². The second kappa shape index (κ2) is 4.99. The molecule has 0 heterocycles. The molecule has 0 amide bonds. The fraction of sp³-hybridized carbons (Fsp3) is 0. The summed E-state index contributed by atoms with van der Waals surface area (Å²) in [4.78, 5) is 21.1. The van der Waals surface area contributed by atoms with Crippen molar-refractivity contribution in [2.45, 2.75) is 0 Å². The van der Waals surface area contributed by atoms with E-state index in [2.05, 4.69) is 0 Å². The Kier molecular flexibility index (Phi) is 4.62. The molecule has 0 radical (unpaired) electrons. The van der Waals surface area contributed by atoms with Crippen LogP contribution in [0.25, 0.3) is 0 Å². The van der Waals surface area contributed by atoms with Crippen molar-refractivity contribution >= 4 is 17.6 Å². The van der Waals surface area contributed by atoms with Gasteiger partial charge in [-0.15, -0.1) is 0 Å². The largest absolute Gasteiger partial charge is 1.00 e. The normalized spacial score (nSPS) is 8.86. The van der Waals surface area contributed by atoms with Crippen LogP contribution in [-0.4, -0.2) is 22.2 Å². The number of carboxylic acids is 2. The van der Waals surface area contributed by atoms with E-state index in [4.69, 9.17) is 15.9 Å². The molecule has 1 rings (SSSR count). The number of carboxylic acid groups (broad SMARTS) is 2. The molecule has 0 aliphatic rings. The molecule has 0 aromatic heterocycles. The van der Waals surface area contributed by atoms with Crippen LogP contribution >= 0.6 is 0 Å². The topological polar surface area (TPSA) is 101 Å². The van der Waals surface area contributed by atoms with Crippen LogP contribution in [0.2, 0.25) is 0 Å². The average molecular weight is 205 g/mol. The van der Waals surface area contributed by atoms with Gasteiger partial charge in [-0.05, 0) is 18.2 Å². The summed E-state index contributed by atoms with van der Waals surface area (Å²) >= 11 is 0. The van der Waals surface area contributed by atoms with E-state index in [1.54, 1.807) is 0 Å². The van der Waals surface area contributed by atoms with Gasteiger partial charge < -0.3 is 17.4 Å². The van der Waals surface area contributed by atoms with Crippen LogP contribution in [0, 0.1) is 0 Å². The second-order valence-electron chi connectivity index (χ2n) is 2.42. The molecule has 6 heteroatoms. The summed E-state index contributed by atoms with van der Waals surface area (Å²) in [5.41, 5.74) is 4.97. The number of anilines is 1. The van der Waals surface area contributed by atoms with E-state index in [0.717, 1.165) is 6.07 Å². The zero-order valence-corrected chi connectivity index (χ0v) is 9.52. The number of aromatic carboxylic acids is 2. The van der Waals surface area contributed by atoms with Gasteiger partial charge in [0.25, 0.3) is 0 Å². The van der Waals surface area contributed by atoms with Crippen LogP contribution in [-0.2, 0) is 0 Å². The second-order valence-corrected chi connectivity index (χ2v) is 2.42. The summed E-state index contributed by atoms with van der Waals surface area (Å²) in [5.74, 6) is -2.58. The van der Waals surface area contributed by atoms with Gasteiger partial charge in [0.2, 0.25) is 0 Å². The number of nitrogen functional groups attached to an aromatic ring is 1. The first-order chi connectivity index (χ1) is 6.02. The van der Waals surface area contributed by atoms with Crippen LogP contribution in [0.5, 0.6) is 0 Å². The third-order valence-corrected chi connectivity index (χ3v) is 1.50. The first-order valence-corrected chi connectivity index (χ1v) is 3.38. The fourth-order valence-electron chi connectivity index (χ4n) is 0.925. The predicted molar refractivity (Wildman–Crippen MR) is 45.9 cm³/mol. The Morgan fingerprint density at radius 2 is 1.64 bits per heavy atom. The number of rotatable bonds is 2. The first kappa shape index (κ1) is 13.0. The number of nitrogens with two attached hydrogens (primary N) is 1. The summed E-state index contributed by atoms with van der Waals surface area (Å²) in [5, 5.41) is 17.2. The molecule has 0 bridgehead atoms. The van der Waals surface area contributed by atoms with Crippen LogP contribution in [0.3, 0.4) is 0 Å². The minimum Gasteiger partial charge on any atom is -1.00 e. The van der Waals surface area contributed by atoms with Gasteiger partial charge in [-0.1, -0.05) is 0 Å². The van der Waals surface area contributed by atoms with Crippen molar-refractivity contribution < 1.29 is 50.8 Å². The van der Waals surface area contributed by atoms with Crippen molar-refractivity contribution in [1.82, 2.24) is 0 Å². The van der Waals surface area contributed by atoms with Gasteiger partial charge in [0.05, 0.1) is 11.1 Å². The Morgan fingerprint density at radius 1 is 1.14 bits per heavy atom. The molecule has 0 fully saturated rings. The summed E-state index contributed by atoms with van der Waals surface area (Å²) in [7, 11) is 0. The van der Waals surface area contributed by atoms with Gasteiger partial charge in [-0.25, -0.2) is 9.59 Å². The molecular weight excluding hydrogens is 197 g/mol. The van der Waals surface area contributed by atoms with Crippen molar-refractivity contribution in [3.8, 4) is 0 Å². The third kappa shape index (κ3) is 2.73. The van der Waals surface area contributed by atoms with Gasteiger partial charge in [0, 0.05) is 5.69 Å². The zero-order chi connectivity index (χ0) is 10.0. The SMILES string of the molecule is Nc1ccc(C(=O)O)c(C(=O)O)c1.[H-].[Na+]. The standard InChI is InChI=1S/C8H7NO4.Na.H/c9-4-1-2-5(7(10)11)6(3-4)8(12)13;;/h1-3H,9H2,(H,10,11)(H,12,13);;/q;+1;-1. The van der Waals surface area contributed by atoms with E-state index in [1.165, 1.54) is 12.1 Å². The van der Waals surface area contributed by atoms with E-state index in [9.17, 15) is 9.59 Å². The van der Waals surface area contributed by atoms with Crippen molar-refractivity contribution in [3.63, 3.8) is 0 Å². The Balaban J connectivity index is 0. The first-order valence-electron chi connectivity index (χ1n) is 3.38. The smallest absolute Gasteiger partial charge is 1.00 e. The maximum Gasteiger partial charge on any atom is 1.00 e. The minimum atomic E-state index is -1.30. The number of hydrogen-bond acceptors (Lipinski definition) is 3. The zero-order valence-electron chi connectivity index (χ0n) is 8.52. The molecule has 0 spiro atoms. The molecule has 0 atom stereocenters. The van der Waals surface area contributed by atoms with Crippen molar-refractivity contribution in [3.05, 3.63) is 29.3 Å². The van der Waals surface area contributed by atoms with Crippen LogP contribution < -0.4 is 35.3 Å². The monoisotopic (exact) mass is 205 g/mol. The predicted octanol–water partition coefficient (Wildman–Crippen LogP) is -2.22. The van der Waals surface area contributed by atoms with Crippen LogP contribution in [0.15, 0.2) is 18.2 Å². The molecule has 0 saturated heterocycles. The van der Waals surface area contributed by atoms with Crippen LogP contribution in [0.4, 0.5) is 5.69 Å². The van der Waals surface area contributed by atoms with E-state index >= 15 is 0 Å². The minimum absolute atomic E-state index is 0. The molecule has 0 aliphatic heterocycles. The molecule has 0 unspecified atom stereocenters. The van der Waals surface area contributed by atoms with E-state index < -0.39 is 11.9 Å². The molecule has 1 aromatic carbocycles. The molecule has 4 N–H and O–H groups in total. The summed E-state index contributed by atoms with van der Waals surface area (Å²) in [6.07, 6.45) is 0. The maximum atomic E-state index is 10.6. The Bertz CT molecular complexity index is 383. The van der Waals surface area contributed by atoms with Crippen molar-refractivity contribution in [2.75, 3.05) is 5.73 Å². The Morgan fingerprint density at radius 3 is 2.07 bits per heavy atom. The molecule has 0 saturated carbocycles. The number of carbonyl (C=O) groups is 2. The molecule has 14 heavy (non-hydrogen) atoms. The number of benzene rings is 1. The molecule has 0 aliphatic carbocycles. The average Bonchev–Trinajstić information content (AvgIpc) is 2.03. The third-order valence-electron chi connectivity index (χ3n) is 1.50. The Hall–Kier alpha value is -1.04. The van der Waals surface area contributed by atoms with Crippen molar-refractivity contribution in [1.29, 1.82) is 0 Å². The van der Waals surface area contributed by atoms with Crippen LogP contribution in [0.1, 0.15) is 22.1 Å². The van der Waals surface area contributed by atoms with Gasteiger partial charge in [0.15, 0.2) is 0 Å². The van der Waals surface area contributed by atoms with Crippen molar-refractivity contribution in [2.24, 2.45) is 0 Å². The molecular formula is C8H8NNaO4. The quantitative estimate of drug-likeness (QED) is 0.375. The van der Waals surface area contributed by atoms with E-state index in [1.807, 2.05) is 0 Å². The van der Waals surface area contributed by atoms with Gasteiger partial charge in [0.1, 0.15) is 0 Å². The molecule has 1 aromatic rings. The fourth-order valence-corrected chi connectivity index (χ4v) is 0.925. The maximum absolute atomic E-state index is 10.6. The van der Waals surface area contributed by atoms with Gasteiger partial charge in [-0.2, -0.15) is 0 Å². The molecule has 70 valence electrons. The summed E-state index contributed by atoms with van der Waals surface area (Å²) in [6, 6.07) is 3.63. The Labute approximate surface area is 103 Å². The van der Waals surface area contributed by atoms with Gasteiger partial charge in [-0.3, -0.25) is 0 Å².